The summed E-state index contributed by atoms with van der Waals surface area (Å²) < 4.78 is 31.9. The molecule has 1 aliphatic heterocycles. The third kappa shape index (κ3) is 3.25. The zero-order valence-electron chi connectivity index (χ0n) is 14.6. The molecular formula is C19H16F2N2O4. The van der Waals surface area contributed by atoms with Crippen LogP contribution in [0.5, 0.6) is 5.75 Å². The minimum absolute atomic E-state index is 0.396. The van der Waals surface area contributed by atoms with E-state index in [2.05, 4.69) is 5.32 Å². The van der Waals surface area contributed by atoms with Crippen molar-refractivity contribution in [2.45, 2.75) is 12.5 Å². The van der Waals surface area contributed by atoms with Gasteiger partial charge in [0.15, 0.2) is 5.78 Å². The maximum Gasteiger partial charge on any atom is 0.325 e. The first-order valence-corrected chi connectivity index (χ1v) is 8.03. The summed E-state index contributed by atoms with van der Waals surface area (Å²) in [6, 6.07) is 8.30. The number of halogens is 2. The van der Waals surface area contributed by atoms with Gasteiger partial charge in [-0.3, -0.25) is 14.5 Å². The Labute approximate surface area is 153 Å². The van der Waals surface area contributed by atoms with Crippen LogP contribution in [0.25, 0.3) is 0 Å². The molecule has 0 saturated carbocycles. The van der Waals surface area contributed by atoms with Crippen molar-refractivity contribution in [3.8, 4) is 5.75 Å². The Morgan fingerprint density at radius 2 is 1.93 bits per heavy atom. The molecule has 8 heteroatoms. The van der Waals surface area contributed by atoms with E-state index >= 15 is 0 Å². The predicted molar refractivity (Wildman–Crippen MR) is 91.3 cm³/mol. The van der Waals surface area contributed by atoms with Crippen molar-refractivity contribution in [1.82, 2.24) is 10.2 Å². The average molecular weight is 374 g/mol. The number of ether oxygens (including phenoxy) is 1. The third-order valence-electron chi connectivity index (χ3n) is 4.46. The average Bonchev–Trinajstić information content (AvgIpc) is 2.86. The van der Waals surface area contributed by atoms with E-state index in [1.165, 1.54) is 14.0 Å². The second-order valence-electron chi connectivity index (χ2n) is 6.23. The number of rotatable bonds is 5. The van der Waals surface area contributed by atoms with Gasteiger partial charge in [-0.1, -0.05) is 12.1 Å². The fourth-order valence-electron chi connectivity index (χ4n) is 2.91. The van der Waals surface area contributed by atoms with Crippen molar-refractivity contribution < 1.29 is 27.9 Å². The number of methoxy groups -OCH3 is 1. The van der Waals surface area contributed by atoms with E-state index in [0.717, 1.165) is 12.1 Å². The summed E-state index contributed by atoms with van der Waals surface area (Å²) in [5, 5.41) is 2.55. The number of nitrogens with zero attached hydrogens (tertiary/aromatic N) is 1. The van der Waals surface area contributed by atoms with Gasteiger partial charge < -0.3 is 10.1 Å². The maximum atomic E-state index is 13.8. The number of hydrogen-bond acceptors (Lipinski definition) is 4. The molecule has 6 nitrogen and oxygen atoms in total. The van der Waals surface area contributed by atoms with Crippen LogP contribution < -0.4 is 10.1 Å². The summed E-state index contributed by atoms with van der Waals surface area (Å²) in [6.45, 7) is 0.845. The van der Waals surface area contributed by atoms with E-state index in [4.69, 9.17) is 4.74 Å². The van der Waals surface area contributed by atoms with Gasteiger partial charge in [-0.25, -0.2) is 13.6 Å². The standard InChI is InChI=1S/C19H16F2N2O4/c1-19(11-4-3-5-13(8-11)27-2)17(25)23(18(26)22-19)10-16(24)14-7-6-12(20)9-15(14)21/h3-9H,10H2,1-2H3,(H,22,26). The highest BCUT2D eigenvalue weighted by atomic mass is 19.1. The van der Waals surface area contributed by atoms with Crippen LogP contribution in [-0.2, 0) is 10.3 Å². The van der Waals surface area contributed by atoms with Gasteiger partial charge in [0.05, 0.1) is 19.2 Å². The monoisotopic (exact) mass is 374 g/mol. The summed E-state index contributed by atoms with van der Waals surface area (Å²) >= 11 is 0. The summed E-state index contributed by atoms with van der Waals surface area (Å²) in [5.41, 5.74) is -1.32. The summed E-state index contributed by atoms with van der Waals surface area (Å²) in [7, 11) is 1.47. The van der Waals surface area contributed by atoms with Crippen molar-refractivity contribution in [2.24, 2.45) is 0 Å². The molecule has 0 aromatic heterocycles. The Bertz CT molecular complexity index is 947. The van der Waals surface area contributed by atoms with Crippen LogP contribution in [0, 0.1) is 11.6 Å². The van der Waals surface area contributed by atoms with Gasteiger partial charge in [0.25, 0.3) is 5.91 Å². The van der Waals surface area contributed by atoms with Gasteiger partial charge in [0.2, 0.25) is 0 Å². The number of imide groups is 1. The van der Waals surface area contributed by atoms with Crippen LogP contribution >= 0.6 is 0 Å². The SMILES string of the molecule is COc1cccc(C2(C)NC(=O)N(CC(=O)c3ccc(F)cc3F)C2=O)c1. The van der Waals surface area contributed by atoms with Crippen LogP contribution in [-0.4, -0.2) is 36.3 Å². The number of Topliss-reactive ketones (excluding diaryl/α,β-unsaturated/α-hetero) is 1. The topological polar surface area (TPSA) is 75.7 Å². The quantitative estimate of drug-likeness (QED) is 0.645. The van der Waals surface area contributed by atoms with Gasteiger partial charge in [0.1, 0.15) is 22.9 Å². The Morgan fingerprint density at radius 3 is 2.59 bits per heavy atom. The van der Waals surface area contributed by atoms with Crippen LogP contribution in [0.2, 0.25) is 0 Å². The number of carbonyl (C=O) groups excluding carboxylic acids is 3. The van der Waals surface area contributed by atoms with Crippen molar-refractivity contribution in [3.05, 3.63) is 65.2 Å². The lowest BCUT2D eigenvalue weighted by molar-refractivity contribution is -0.130. The molecule has 1 fully saturated rings. The molecule has 27 heavy (non-hydrogen) atoms. The molecule has 1 aliphatic rings. The van der Waals surface area contributed by atoms with E-state index in [9.17, 15) is 23.2 Å². The normalized spacial score (nSPS) is 19.2. The zero-order chi connectivity index (χ0) is 19.8. The highest BCUT2D eigenvalue weighted by Gasteiger charge is 2.49. The third-order valence-corrected chi connectivity index (χ3v) is 4.46. The Balaban J connectivity index is 1.86. The van der Waals surface area contributed by atoms with Gasteiger partial charge in [-0.2, -0.15) is 0 Å². The van der Waals surface area contributed by atoms with Crippen molar-refractivity contribution in [1.29, 1.82) is 0 Å². The van der Waals surface area contributed by atoms with E-state index in [0.29, 0.717) is 22.3 Å². The minimum atomic E-state index is -1.40. The summed E-state index contributed by atoms with van der Waals surface area (Å²) in [5.74, 6) is -2.85. The summed E-state index contributed by atoms with van der Waals surface area (Å²) in [6.07, 6.45) is 0. The molecule has 0 bridgehead atoms. The first-order valence-electron chi connectivity index (χ1n) is 8.03. The Kier molecular flexibility index (Phi) is 4.65. The van der Waals surface area contributed by atoms with Gasteiger partial charge in [0, 0.05) is 6.07 Å². The molecule has 2 aromatic rings. The summed E-state index contributed by atoms with van der Waals surface area (Å²) in [4.78, 5) is 38.2. The first-order chi connectivity index (χ1) is 12.8. The number of benzene rings is 2. The lowest BCUT2D eigenvalue weighted by Crippen LogP contribution is -2.41. The van der Waals surface area contributed by atoms with Crippen LogP contribution in [0.1, 0.15) is 22.8 Å². The van der Waals surface area contributed by atoms with Crippen LogP contribution in [0.3, 0.4) is 0 Å². The lowest BCUT2D eigenvalue weighted by atomic mass is 9.92. The van der Waals surface area contributed by atoms with Crippen molar-refractivity contribution >= 4 is 17.7 Å². The maximum absolute atomic E-state index is 13.8. The largest absolute Gasteiger partial charge is 0.497 e. The van der Waals surface area contributed by atoms with Crippen molar-refractivity contribution in [3.63, 3.8) is 0 Å². The molecule has 0 spiro atoms. The van der Waals surface area contributed by atoms with Crippen LogP contribution in [0.4, 0.5) is 13.6 Å². The first kappa shape index (κ1) is 18.5. The van der Waals surface area contributed by atoms with E-state index < -0.39 is 47.0 Å². The number of hydrogen-bond donors (Lipinski definition) is 1. The predicted octanol–water partition coefficient (Wildman–Crippen LogP) is 2.62. The number of carbonyl (C=O) groups is 3. The second-order valence-corrected chi connectivity index (χ2v) is 6.23. The fraction of sp³-hybridized carbons (Fsp3) is 0.211. The molecule has 0 radical (unpaired) electrons. The van der Waals surface area contributed by atoms with Crippen LogP contribution in [0.15, 0.2) is 42.5 Å². The molecule has 140 valence electrons. The molecule has 1 saturated heterocycles. The highest BCUT2D eigenvalue weighted by Crippen LogP contribution is 2.31. The number of nitrogens with one attached hydrogen (secondary N) is 1. The molecular weight excluding hydrogens is 358 g/mol. The molecule has 1 atom stereocenters. The molecule has 1 unspecified atom stereocenters. The number of amides is 3. The highest BCUT2D eigenvalue weighted by molar-refractivity contribution is 6.11. The number of ketones is 1. The van der Waals surface area contributed by atoms with Gasteiger partial charge in [-0.05, 0) is 36.8 Å². The molecule has 2 aromatic carbocycles. The molecule has 1 heterocycles. The zero-order valence-corrected chi connectivity index (χ0v) is 14.6. The fourth-order valence-corrected chi connectivity index (χ4v) is 2.91. The number of urea groups is 1. The molecule has 3 amide bonds. The van der Waals surface area contributed by atoms with Crippen molar-refractivity contribution in [2.75, 3.05) is 13.7 Å². The second kappa shape index (κ2) is 6.79. The molecule has 3 rings (SSSR count). The van der Waals surface area contributed by atoms with Gasteiger partial charge >= 0.3 is 6.03 Å². The smallest absolute Gasteiger partial charge is 0.325 e. The molecule has 1 N–H and O–H groups in total. The minimum Gasteiger partial charge on any atom is -0.497 e. The van der Waals surface area contributed by atoms with E-state index in [1.807, 2.05) is 0 Å². The van der Waals surface area contributed by atoms with Gasteiger partial charge in [-0.15, -0.1) is 0 Å². The Morgan fingerprint density at radius 1 is 1.19 bits per heavy atom. The van der Waals surface area contributed by atoms with E-state index in [-0.39, 0.29) is 0 Å². The molecule has 0 aliphatic carbocycles. The Hall–Kier alpha value is -3.29. The van der Waals surface area contributed by atoms with E-state index in [1.54, 1.807) is 24.3 Å². The lowest BCUT2D eigenvalue weighted by Gasteiger charge is -2.22.